The van der Waals surface area contributed by atoms with Crippen LogP contribution >= 0.6 is 0 Å². The molecule has 5 nitrogen and oxygen atoms in total. The lowest BCUT2D eigenvalue weighted by Crippen LogP contribution is -2.30. The van der Waals surface area contributed by atoms with Crippen LogP contribution in [0.4, 0.5) is 0 Å². The number of rotatable bonds is 7. The molecule has 1 aromatic rings. The Bertz CT molecular complexity index is 347. The van der Waals surface area contributed by atoms with Gasteiger partial charge in [0, 0.05) is 32.4 Å². The van der Waals surface area contributed by atoms with Gasteiger partial charge >= 0.3 is 0 Å². The van der Waals surface area contributed by atoms with Crippen LogP contribution in [0, 0.1) is 0 Å². The Labute approximate surface area is 102 Å². The van der Waals surface area contributed by atoms with Crippen molar-refractivity contribution in [1.29, 1.82) is 0 Å². The maximum absolute atomic E-state index is 11.9. The fraction of sp³-hybridized carbons (Fsp3) is 0.583. The number of carbonyl (C=O) groups is 1. The molecule has 5 heteroatoms. The molecule has 1 aromatic heterocycles. The van der Waals surface area contributed by atoms with Gasteiger partial charge in [-0.1, -0.05) is 0 Å². The molecule has 3 N–H and O–H groups in total. The second-order valence-electron chi connectivity index (χ2n) is 4.10. The quantitative estimate of drug-likeness (QED) is 0.732. The third-order valence-corrected chi connectivity index (χ3v) is 2.48. The number of nitrogens with two attached hydrogens (primary N) is 1. The summed E-state index contributed by atoms with van der Waals surface area (Å²) in [5, 5.41) is 2.85. The molecular formula is C12H21N3O2. The standard InChI is InChI=1S/C12H21N3O2/c1-10(13)5-6-14-12(16)11-4-3-7-15(11)8-9-17-2/h3-4,7,10H,5-6,8-9,13H2,1-2H3,(H,14,16). The minimum Gasteiger partial charge on any atom is -0.383 e. The highest BCUT2D eigenvalue weighted by Gasteiger charge is 2.09. The Hall–Kier alpha value is -1.33. The van der Waals surface area contributed by atoms with Crippen molar-refractivity contribution in [2.24, 2.45) is 5.73 Å². The lowest BCUT2D eigenvalue weighted by molar-refractivity contribution is 0.0940. The lowest BCUT2D eigenvalue weighted by Gasteiger charge is -2.10. The Balaban J connectivity index is 2.47. The molecule has 0 aromatic carbocycles. The maximum atomic E-state index is 11.9. The fourth-order valence-electron chi connectivity index (χ4n) is 1.51. The van der Waals surface area contributed by atoms with Gasteiger partial charge in [-0.05, 0) is 25.5 Å². The largest absolute Gasteiger partial charge is 0.383 e. The zero-order valence-corrected chi connectivity index (χ0v) is 10.5. The molecular weight excluding hydrogens is 218 g/mol. The zero-order valence-electron chi connectivity index (χ0n) is 10.5. The first kappa shape index (κ1) is 13.7. The highest BCUT2D eigenvalue weighted by Crippen LogP contribution is 2.02. The number of ether oxygens (including phenoxy) is 1. The van der Waals surface area contributed by atoms with Gasteiger partial charge in [0.1, 0.15) is 5.69 Å². The second kappa shape index (κ2) is 7.09. The first-order valence-electron chi connectivity index (χ1n) is 5.83. The summed E-state index contributed by atoms with van der Waals surface area (Å²) in [6.45, 7) is 3.80. The van der Waals surface area contributed by atoms with Crippen molar-refractivity contribution in [2.75, 3.05) is 20.3 Å². The van der Waals surface area contributed by atoms with Crippen LogP contribution < -0.4 is 11.1 Å². The van der Waals surface area contributed by atoms with Gasteiger partial charge in [0.05, 0.1) is 6.61 Å². The van der Waals surface area contributed by atoms with E-state index >= 15 is 0 Å². The van der Waals surface area contributed by atoms with Crippen LogP contribution in [0.5, 0.6) is 0 Å². The molecule has 0 saturated carbocycles. The topological polar surface area (TPSA) is 69.3 Å². The Morgan fingerprint density at radius 3 is 3.06 bits per heavy atom. The summed E-state index contributed by atoms with van der Waals surface area (Å²) in [5.74, 6) is -0.0632. The van der Waals surface area contributed by atoms with Crippen molar-refractivity contribution in [3.63, 3.8) is 0 Å². The maximum Gasteiger partial charge on any atom is 0.267 e. The van der Waals surface area contributed by atoms with Crippen molar-refractivity contribution in [2.45, 2.75) is 25.9 Å². The SMILES string of the molecule is COCCn1cccc1C(=O)NCCC(C)N. The van der Waals surface area contributed by atoms with Gasteiger partial charge < -0.3 is 20.4 Å². The van der Waals surface area contributed by atoms with Crippen LogP contribution in [0.3, 0.4) is 0 Å². The van der Waals surface area contributed by atoms with Gasteiger partial charge in [-0.3, -0.25) is 4.79 Å². The van der Waals surface area contributed by atoms with E-state index in [4.69, 9.17) is 10.5 Å². The van der Waals surface area contributed by atoms with Gasteiger partial charge in [-0.2, -0.15) is 0 Å². The van der Waals surface area contributed by atoms with E-state index in [1.807, 2.05) is 23.8 Å². The summed E-state index contributed by atoms with van der Waals surface area (Å²) >= 11 is 0. The number of carbonyl (C=O) groups excluding carboxylic acids is 1. The molecule has 0 radical (unpaired) electrons. The van der Waals surface area contributed by atoms with Crippen LogP contribution in [0.25, 0.3) is 0 Å². The molecule has 0 saturated heterocycles. The Morgan fingerprint density at radius 1 is 1.65 bits per heavy atom. The smallest absolute Gasteiger partial charge is 0.267 e. The van der Waals surface area contributed by atoms with E-state index in [1.54, 1.807) is 13.2 Å². The summed E-state index contributed by atoms with van der Waals surface area (Å²) in [5.41, 5.74) is 6.28. The molecule has 1 atom stereocenters. The highest BCUT2D eigenvalue weighted by molar-refractivity contribution is 5.92. The Kier molecular flexibility index (Phi) is 5.72. The van der Waals surface area contributed by atoms with E-state index < -0.39 is 0 Å². The number of methoxy groups -OCH3 is 1. The number of nitrogens with one attached hydrogen (secondary N) is 1. The average Bonchev–Trinajstić information content (AvgIpc) is 2.73. The third-order valence-electron chi connectivity index (χ3n) is 2.48. The molecule has 1 rings (SSSR count). The van der Waals surface area contributed by atoms with E-state index in [0.717, 1.165) is 6.42 Å². The monoisotopic (exact) mass is 239 g/mol. The van der Waals surface area contributed by atoms with Crippen molar-refractivity contribution in [3.8, 4) is 0 Å². The predicted octanol–water partition coefficient (Wildman–Crippen LogP) is 0.602. The molecule has 0 aliphatic rings. The van der Waals surface area contributed by atoms with Gasteiger partial charge in [-0.15, -0.1) is 0 Å². The molecule has 0 fully saturated rings. The average molecular weight is 239 g/mol. The van der Waals surface area contributed by atoms with Crippen LogP contribution in [0.1, 0.15) is 23.8 Å². The van der Waals surface area contributed by atoms with Crippen LogP contribution in [0.15, 0.2) is 18.3 Å². The van der Waals surface area contributed by atoms with Crippen molar-refractivity contribution in [3.05, 3.63) is 24.0 Å². The van der Waals surface area contributed by atoms with Gasteiger partial charge in [0.25, 0.3) is 5.91 Å². The lowest BCUT2D eigenvalue weighted by atomic mass is 10.2. The number of hydrogen-bond donors (Lipinski definition) is 2. The molecule has 96 valence electrons. The Morgan fingerprint density at radius 2 is 2.41 bits per heavy atom. The van der Waals surface area contributed by atoms with E-state index in [9.17, 15) is 4.79 Å². The molecule has 1 amide bonds. The minimum atomic E-state index is -0.0632. The van der Waals surface area contributed by atoms with Crippen LogP contribution in [0.2, 0.25) is 0 Å². The van der Waals surface area contributed by atoms with Crippen molar-refractivity contribution >= 4 is 5.91 Å². The predicted molar refractivity (Wildman–Crippen MR) is 66.9 cm³/mol. The van der Waals surface area contributed by atoms with Crippen molar-refractivity contribution in [1.82, 2.24) is 9.88 Å². The number of nitrogens with zero attached hydrogens (tertiary/aromatic N) is 1. The molecule has 0 aliphatic heterocycles. The molecule has 1 heterocycles. The minimum absolute atomic E-state index is 0.0632. The van der Waals surface area contributed by atoms with Gasteiger partial charge in [0.15, 0.2) is 0 Å². The molecule has 0 spiro atoms. The van der Waals surface area contributed by atoms with E-state index in [2.05, 4.69) is 5.32 Å². The summed E-state index contributed by atoms with van der Waals surface area (Å²) in [6.07, 6.45) is 2.66. The fourth-order valence-corrected chi connectivity index (χ4v) is 1.51. The van der Waals surface area contributed by atoms with Crippen LogP contribution in [-0.2, 0) is 11.3 Å². The molecule has 0 aliphatic carbocycles. The van der Waals surface area contributed by atoms with Crippen LogP contribution in [-0.4, -0.2) is 36.8 Å². The van der Waals surface area contributed by atoms with E-state index in [1.165, 1.54) is 0 Å². The summed E-state index contributed by atoms with van der Waals surface area (Å²) in [7, 11) is 1.64. The summed E-state index contributed by atoms with van der Waals surface area (Å²) in [4.78, 5) is 11.9. The zero-order chi connectivity index (χ0) is 12.7. The normalized spacial score (nSPS) is 12.4. The van der Waals surface area contributed by atoms with E-state index in [0.29, 0.717) is 25.4 Å². The number of amides is 1. The first-order valence-corrected chi connectivity index (χ1v) is 5.83. The molecule has 1 unspecified atom stereocenters. The summed E-state index contributed by atoms with van der Waals surface area (Å²) in [6, 6.07) is 3.77. The van der Waals surface area contributed by atoms with E-state index in [-0.39, 0.29) is 11.9 Å². The number of hydrogen-bond acceptors (Lipinski definition) is 3. The van der Waals surface area contributed by atoms with Gasteiger partial charge in [-0.25, -0.2) is 0 Å². The first-order chi connectivity index (χ1) is 8.15. The molecule has 0 bridgehead atoms. The molecule has 17 heavy (non-hydrogen) atoms. The van der Waals surface area contributed by atoms with Gasteiger partial charge in [0.2, 0.25) is 0 Å². The highest BCUT2D eigenvalue weighted by atomic mass is 16.5. The van der Waals surface area contributed by atoms with Crippen molar-refractivity contribution < 1.29 is 9.53 Å². The second-order valence-corrected chi connectivity index (χ2v) is 4.10. The number of aromatic nitrogens is 1. The third kappa shape index (κ3) is 4.58. The summed E-state index contributed by atoms with van der Waals surface area (Å²) < 4.78 is 6.87.